The highest BCUT2D eigenvalue weighted by atomic mass is 19.1. The number of halogens is 1. The van der Waals surface area contributed by atoms with E-state index >= 15 is 0 Å². The molecule has 15 heavy (non-hydrogen) atoms. The summed E-state index contributed by atoms with van der Waals surface area (Å²) in [7, 11) is 0. The van der Waals surface area contributed by atoms with E-state index in [1.54, 1.807) is 12.1 Å². The van der Waals surface area contributed by atoms with Gasteiger partial charge in [-0.1, -0.05) is 12.1 Å². The molecule has 0 amide bonds. The summed E-state index contributed by atoms with van der Waals surface area (Å²) < 4.78 is 13.2. The first-order valence-corrected chi connectivity index (χ1v) is 5.22. The van der Waals surface area contributed by atoms with Gasteiger partial charge in [-0.05, 0) is 30.9 Å². The molecule has 1 atom stereocenters. The second-order valence-corrected chi connectivity index (χ2v) is 4.11. The average molecular weight is 207 g/mol. The smallest absolute Gasteiger partial charge is 0.167 e. The number of carbonyl (C=O) groups is 1. The van der Waals surface area contributed by atoms with E-state index in [4.69, 9.17) is 5.73 Å². The van der Waals surface area contributed by atoms with Gasteiger partial charge in [0.25, 0.3) is 0 Å². The minimum absolute atomic E-state index is 0.0999. The maximum Gasteiger partial charge on any atom is 0.167 e. The van der Waals surface area contributed by atoms with E-state index in [-0.39, 0.29) is 23.8 Å². The third-order valence-electron chi connectivity index (χ3n) is 2.82. The first-order chi connectivity index (χ1) is 7.18. The van der Waals surface area contributed by atoms with Crippen molar-refractivity contribution >= 4 is 5.78 Å². The molecular formula is C12H14FNO. The Balaban J connectivity index is 2.04. The Morgan fingerprint density at radius 1 is 1.47 bits per heavy atom. The van der Waals surface area contributed by atoms with Crippen LogP contribution in [0.1, 0.15) is 29.6 Å². The third kappa shape index (κ3) is 2.42. The van der Waals surface area contributed by atoms with Gasteiger partial charge in [0.15, 0.2) is 5.78 Å². The molecule has 1 aliphatic rings. The molecule has 80 valence electrons. The zero-order valence-corrected chi connectivity index (χ0v) is 8.45. The Labute approximate surface area is 88.3 Å². The number of ketones is 1. The molecule has 0 saturated heterocycles. The van der Waals surface area contributed by atoms with Crippen molar-refractivity contribution < 1.29 is 9.18 Å². The molecule has 2 nitrogen and oxygen atoms in total. The summed E-state index contributed by atoms with van der Waals surface area (Å²) in [6, 6.07) is 5.95. The number of hydrogen-bond donors (Lipinski definition) is 1. The molecule has 1 aromatic carbocycles. The summed E-state index contributed by atoms with van der Waals surface area (Å²) in [4.78, 5) is 11.7. The number of hydrogen-bond acceptors (Lipinski definition) is 2. The highest BCUT2D eigenvalue weighted by molar-refractivity contribution is 5.96. The van der Waals surface area contributed by atoms with Gasteiger partial charge in [0.2, 0.25) is 0 Å². The minimum atomic E-state index is -0.453. The Bertz CT molecular complexity index is 374. The molecule has 1 aliphatic carbocycles. The summed E-state index contributed by atoms with van der Waals surface area (Å²) in [5.41, 5.74) is 5.98. The fourth-order valence-corrected chi connectivity index (χ4v) is 1.70. The number of Topliss-reactive ketones (excluding diaryl/α,β-unsaturated/α-hetero) is 1. The van der Waals surface area contributed by atoms with E-state index < -0.39 is 5.82 Å². The van der Waals surface area contributed by atoms with Crippen molar-refractivity contribution in [2.24, 2.45) is 11.7 Å². The Hall–Kier alpha value is -1.22. The molecule has 0 bridgehead atoms. The predicted octanol–water partition coefficient (Wildman–Crippen LogP) is 2.14. The second kappa shape index (κ2) is 4.11. The van der Waals surface area contributed by atoms with Crippen LogP contribution in [0.5, 0.6) is 0 Å². The summed E-state index contributed by atoms with van der Waals surface area (Å²) in [6.07, 6.45) is 2.46. The fraction of sp³-hybridized carbons (Fsp3) is 0.417. The van der Waals surface area contributed by atoms with Gasteiger partial charge in [-0.15, -0.1) is 0 Å². The topological polar surface area (TPSA) is 43.1 Å². The zero-order valence-electron chi connectivity index (χ0n) is 8.45. The predicted molar refractivity (Wildman–Crippen MR) is 56.0 cm³/mol. The van der Waals surface area contributed by atoms with Crippen LogP contribution in [0.15, 0.2) is 24.3 Å². The SMILES string of the molecule is NC(CC(=O)c1ccccc1F)C1CC1. The van der Waals surface area contributed by atoms with Crippen LogP contribution in [0.25, 0.3) is 0 Å². The van der Waals surface area contributed by atoms with Gasteiger partial charge in [-0.25, -0.2) is 4.39 Å². The highest BCUT2D eigenvalue weighted by Crippen LogP contribution is 2.33. The Morgan fingerprint density at radius 2 is 2.13 bits per heavy atom. The third-order valence-corrected chi connectivity index (χ3v) is 2.82. The molecule has 0 aliphatic heterocycles. The Morgan fingerprint density at radius 3 is 2.73 bits per heavy atom. The highest BCUT2D eigenvalue weighted by Gasteiger charge is 2.30. The largest absolute Gasteiger partial charge is 0.327 e. The van der Waals surface area contributed by atoms with Gasteiger partial charge in [-0.3, -0.25) is 4.79 Å². The molecule has 2 N–H and O–H groups in total. The first kappa shape index (κ1) is 10.3. The number of rotatable bonds is 4. The van der Waals surface area contributed by atoms with E-state index in [1.807, 2.05) is 0 Å². The normalized spacial score (nSPS) is 17.5. The minimum Gasteiger partial charge on any atom is -0.327 e. The van der Waals surface area contributed by atoms with Crippen LogP contribution in [0, 0.1) is 11.7 Å². The van der Waals surface area contributed by atoms with Gasteiger partial charge >= 0.3 is 0 Å². The summed E-state index contributed by atoms with van der Waals surface area (Å²) in [6.45, 7) is 0. The molecule has 0 spiro atoms. The lowest BCUT2D eigenvalue weighted by molar-refractivity contribution is 0.0967. The van der Waals surface area contributed by atoms with Crippen LogP contribution in [-0.4, -0.2) is 11.8 Å². The van der Waals surface area contributed by atoms with E-state index in [0.717, 1.165) is 12.8 Å². The van der Waals surface area contributed by atoms with Gasteiger partial charge in [0.05, 0.1) is 5.56 Å². The number of carbonyl (C=O) groups excluding carboxylic acids is 1. The lowest BCUT2D eigenvalue weighted by Crippen LogP contribution is -2.26. The van der Waals surface area contributed by atoms with E-state index in [9.17, 15) is 9.18 Å². The van der Waals surface area contributed by atoms with E-state index in [2.05, 4.69) is 0 Å². The van der Waals surface area contributed by atoms with Crippen molar-refractivity contribution in [2.45, 2.75) is 25.3 Å². The zero-order chi connectivity index (χ0) is 10.8. The van der Waals surface area contributed by atoms with Crippen molar-refractivity contribution in [1.29, 1.82) is 0 Å². The maximum atomic E-state index is 13.2. The standard InChI is InChI=1S/C12H14FNO/c13-10-4-2-1-3-9(10)12(15)7-11(14)8-5-6-8/h1-4,8,11H,5-7,14H2. The number of nitrogens with two attached hydrogens (primary N) is 1. The van der Waals surface area contributed by atoms with Crippen LogP contribution in [0.3, 0.4) is 0 Å². The van der Waals surface area contributed by atoms with E-state index in [1.165, 1.54) is 12.1 Å². The molecule has 3 heteroatoms. The summed E-state index contributed by atoms with van der Waals surface area (Å²) >= 11 is 0. The van der Waals surface area contributed by atoms with Crippen LogP contribution in [0.4, 0.5) is 4.39 Å². The monoisotopic (exact) mass is 207 g/mol. The molecule has 1 saturated carbocycles. The molecule has 0 heterocycles. The van der Waals surface area contributed by atoms with Crippen molar-refractivity contribution in [3.05, 3.63) is 35.6 Å². The van der Waals surface area contributed by atoms with Crippen molar-refractivity contribution in [3.63, 3.8) is 0 Å². The van der Waals surface area contributed by atoms with Gasteiger partial charge in [0, 0.05) is 12.5 Å². The number of benzene rings is 1. The van der Waals surface area contributed by atoms with Crippen LogP contribution in [-0.2, 0) is 0 Å². The second-order valence-electron chi connectivity index (χ2n) is 4.11. The first-order valence-electron chi connectivity index (χ1n) is 5.22. The molecule has 1 aromatic rings. The quantitative estimate of drug-likeness (QED) is 0.768. The van der Waals surface area contributed by atoms with E-state index in [0.29, 0.717) is 5.92 Å². The van der Waals surface area contributed by atoms with Crippen LogP contribution >= 0.6 is 0 Å². The van der Waals surface area contributed by atoms with Gasteiger partial charge in [0.1, 0.15) is 5.82 Å². The van der Waals surface area contributed by atoms with Crippen LogP contribution < -0.4 is 5.73 Å². The fourth-order valence-electron chi connectivity index (χ4n) is 1.70. The lowest BCUT2D eigenvalue weighted by atomic mass is 10.0. The van der Waals surface area contributed by atoms with Gasteiger partial charge < -0.3 is 5.73 Å². The van der Waals surface area contributed by atoms with Crippen molar-refractivity contribution in [3.8, 4) is 0 Å². The van der Waals surface area contributed by atoms with Crippen molar-refractivity contribution in [1.82, 2.24) is 0 Å². The summed E-state index contributed by atoms with van der Waals surface area (Å²) in [5.74, 6) is -0.168. The van der Waals surface area contributed by atoms with Gasteiger partial charge in [-0.2, -0.15) is 0 Å². The molecule has 0 radical (unpaired) electrons. The average Bonchev–Trinajstić information content (AvgIpc) is 3.01. The molecule has 1 fully saturated rings. The lowest BCUT2D eigenvalue weighted by Gasteiger charge is -2.09. The summed E-state index contributed by atoms with van der Waals surface area (Å²) in [5, 5.41) is 0. The Kier molecular flexibility index (Phi) is 2.82. The van der Waals surface area contributed by atoms with Crippen LogP contribution in [0.2, 0.25) is 0 Å². The maximum absolute atomic E-state index is 13.2. The molecular weight excluding hydrogens is 193 g/mol. The molecule has 0 aromatic heterocycles. The molecule has 2 rings (SSSR count). The molecule has 1 unspecified atom stereocenters. The van der Waals surface area contributed by atoms with Crippen molar-refractivity contribution in [2.75, 3.05) is 0 Å².